The van der Waals surface area contributed by atoms with Gasteiger partial charge in [0.05, 0.1) is 35.1 Å². The fourth-order valence-corrected chi connectivity index (χ4v) is 1.69. The zero-order chi connectivity index (χ0) is 11.5. The van der Waals surface area contributed by atoms with Crippen LogP contribution in [0.3, 0.4) is 0 Å². The summed E-state index contributed by atoms with van der Waals surface area (Å²) in [4.78, 5) is 0. The molecule has 6 heteroatoms. The van der Waals surface area contributed by atoms with Gasteiger partial charge in [-0.15, -0.1) is 5.10 Å². The van der Waals surface area contributed by atoms with Crippen LogP contribution in [0.2, 0.25) is 10.0 Å². The van der Waals surface area contributed by atoms with Crippen molar-refractivity contribution in [3.63, 3.8) is 0 Å². The van der Waals surface area contributed by atoms with Crippen LogP contribution in [-0.4, -0.2) is 26.7 Å². The minimum absolute atomic E-state index is 0.0116. The molecule has 0 aliphatic heterocycles. The lowest BCUT2D eigenvalue weighted by Gasteiger charge is -2.05. The summed E-state index contributed by atoms with van der Waals surface area (Å²) in [6, 6.07) is 5.30. The van der Waals surface area contributed by atoms with E-state index in [1.165, 1.54) is 0 Å². The minimum atomic E-state index is 0.0116. The maximum absolute atomic E-state index is 8.87. The maximum atomic E-state index is 8.87. The van der Waals surface area contributed by atoms with E-state index in [4.69, 9.17) is 28.3 Å². The molecule has 0 bridgehead atoms. The highest BCUT2D eigenvalue weighted by atomic mass is 35.5. The molecule has 0 saturated carbocycles. The molecule has 2 rings (SSSR count). The SMILES string of the molecule is OCCn1nncc1-c1ccc(Cl)c(Cl)c1. The first kappa shape index (κ1) is 11.4. The molecule has 0 unspecified atom stereocenters. The molecule has 0 aliphatic carbocycles. The first-order chi connectivity index (χ1) is 7.72. The summed E-state index contributed by atoms with van der Waals surface area (Å²) in [5.74, 6) is 0. The van der Waals surface area contributed by atoms with Gasteiger partial charge >= 0.3 is 0 Å². The van der Waals surface area contributed by atoms with Gasteiger partial charge in [0, 0.05) is 5.56 Å². The van der Waals surface area contributed by atoms with Crippen molar-refractivity contribution in [2.24, 2.45) is 0 Å². The Morgan fingerprint density at radius 2 is 2.06 bits per heavy atom. The zero-order valence-corrected chi connectivity index (χ0v) is 9.78. The van der Waals surface area contributed by atoms with E-state index in [1.54, 1.807) is 23.0 Å². The first-order valence-electron chi connectivity index (χ1n) is 4.67. The molecule has 0 spiro atoms. The number of hydrogen-bond donors (Lipinski definition) is 1. The topological polar surface area (TPSA) is 50.9 Å². The van der Waals surface area contributed by atoms with Gasteiger partial charge in [-0.1, -0.05) is 34.5 Å². The number of rotatable bonds is 3. The van der Waals surface area contributed by atoms with E-state index in [1.807, 2.05) is 6.07 Å². The van der Waals surface area contributed by atoms with Crippen molar-refractivity contribution < 1.29 is 5.11 Å². The van der Waals surface area contributed by atoms with Gasteiger partial charge in [0.1, 0.15) is 0 Å². The number of halogens is 2. The Morgan fingerprint density at radius 1 is 1.25 bits per heavy atom. The van der Waals surface area contributed by atoms with Crippen LogP contribution < -0.4 is 0 Å². The molecular weight excluding hydrogens is 249 g/mol. The van der Waals surface area contributed by atoms with Gasteiger partial charge in [0.15, 0.2) is 0 Å². The normalized spacial score (nSPS) is 10.7. The Bertz CT molecular complexity index is 499. The highest BCUT2D eigenvalue weighted by molar-refractivity contribution is 6.42. The van der Waals surface area contributed by atoms with Crippen LogP contribution in [-0.2, 0) is 6.54 Å². The second kappa shape index (κ2) is 4.82. The van der Waals surface area contributed by atoms with E-state index in [0.717, 1.165) is 11.3 Å². The highest BCUT2D eigenvalue weighted by Crippen LogP contribution is 2.27. The van der Waals surface area contributed by atoms with E-state index >= 15 is 0 Å². The molecule has 0 amide bonds. The van der Waals surface area contributed by atoms with Gasteiger partial charge in [0.2, 0.25) is 0 Å². The molecule has 4 nitrogen and oxygen atoms in total. The van der Waals surface area contributed by atoms with Crippen LogP contribution in [0.5, 0.6) is 0 Å². The Kier molecular flexibility index (Phi) is 3.43. The third kappa shape index (κ3) is 2.19. The predicted molar refractivity (Wildman–Crippen MR) is 62.6 cm³/mol. The van der Waals surface area contributed by atoms with Gasteiger partial charge in [0.25, 0.3) is 0 Å². The second-order valence-electron chi connectivity index (χ2n) is 3.19. The summed E-state index contributed by atoms with van der Waals surface area (Å²) in [5.41, 5.74) is 1.67. The average Bonchev–Trinajstić information content (AvgIpc) is 2.71. The summed E-state index contributed by atoms with van der Waals surface area (Å²) < 4.78 is 1.61. The maximum Gasteiger partial charge on any atom is 0.0887 e. The fourth-order valence-electron chi connectivity index (χ4n) is 1.40. The molecule has 0 saturated heterocycles. The largest absolute Gasteiger partial charge is 0.394 e. The standard InChI is InChI=1S/C10H9Cl2N3O/c11-8-2-1-7(5-9(8)12)10-6-13-14-15(10)3-4-16/h1-2,5-6,16H,3-4H2. The summed E-state index contributed by atoms with van der Waals surface area (Å²) >= 11 is 11.8. The van der Waals surface area contributed by atoms with E-state index in [-0.39, 0.29) is 6.61 Å². The molecule has 84 valence electrons. The van der Waals surface area contributed by atoms with Crippen molar-refractivity contribution >= 4 is 23.2 Å². The van der Waals surface area contributed by atoms with Gasteiger partial charge in [-0.2, -0.15) is 0 Å². The molecule has 0 atom stereocenters. The molecule has 1 N–H and O–H groups in total. The third-order valence-corrected chi connectivity index (χ3v) is 2.88. The molecular formula is C10H9Cl2N3O. The number of benzene rings is 1. The summed E-state index contributed by atoms with van der Waals surface area (Å²) in [6.45, 7) is 0.410. The van der Waals surface area contributed by atoms with E-state index in [9.17, 15) is 0 Å². The van der Waals surface area contributed by atoms with E-state index < -0.39 is 0 Å². The van der Waals surface area contributed by atoms with Gasteiger partial charge in [-0.05, 0) is 12.1 Å². The Morgan fingerprint density at radius 3 is 2.75 bits per heavy atom. The number of hydrogen-bond acceptors (Lipinski definition) is 3. The van der Waals surface area contributed by atoms with Crippen LogP contribution >= 0.6 is 23.2 Å². The van der Waals surface area contributed by atoms with Crippen molar-refractivity contribution in [1.82, 2.24) is 15.0 Å². The van der Waals surface area contributed by atoms with Crippen molar-refractivity contribution in [2.75, 3.05) is 6.61 Å². The van der Waals surface area contributed by atoms with Crippen molar-refractivity contribution in [1.29, 1.82) is 0 Å². The van der Waals surface area contributed by atoms with Crippen molar-refractivity contribution in [2.45, 2.75) is 6.54 Å². The molecule has 1 aromatic heterocycles. The first-order valence-corrected chi connectivity index (χ1v) is 5.42. The lowest BCUT2D eigenvalue weighted by atomic mass is 10.2. The number of aromatic nitrogens is 3. The van der Waals surface area contributed by atoms with Crippen LogP contribution in [0.15, 0.2) is 24.4 Å². The summed E-state index contributed by atoms with van der Waals surface area (Å²) in [6.07, 6.45) is 1.62. The monoisotopic (exact) mass is 257 g/mol. The van der Waals surface area contributed by atoms with Crippen LogP contribution in [0.4, 0.5) is 0 Å². The molecule has 2 aromatic rings. The lowest BCUT2D eigenvalue weighted by molar-refractivity contribution is 0.269. The quantitative estimate of drug-likeness (QED) is 0.918. The summed E-state index contributed by atoms with van der Waals surface area (Å²) in [7, 11) is 0. The van der Waals surface area contributed by atoms with Gasteiger partial charge < -0.3 is 5.11 Å². The second-order valence-corrected chi connectivity index (χ2v) is 4.01. The Labute approximate surface area is 102 Å². The number of aliphatic hydroxyl groups is 1. The van der Waals surface area contributed by atoms with Crippen LogP contribution in [0.1, 0.15) is 0 Å². The number of aliphatic hydroxyl groups excluding tert-OH is 1. The van der Waals surface area contributed by atoms with Gasteiger partial charge in [-0.3, -0.25) is 0 Å². The Balaban J connectivity index is 2.42. The van der Waals surface area contributed by atoms with E-state index in [0.29, 0.717) is 16.6 Å². The lowest BCUT2D eigenvalue weighted by Crippen LogP contribution is -2.05. The highest BCUT2D eigenvalue weighted by Gasteiger charge is 2.08. The fraction of sp³-hybridized carbons (Fsp3) is 0.200. The third-order valence-electron chi connectivity index (χ3n) is 2.14. The van der Waals surface area contributed by atoms with Crippen molar-refractivity contribution in [3.8, 4) is 11.3 Å². The van der Waals surface area contributed by atoms with Gasteiger partial charge in [-0.25, -0.2) is 4.68 Å². The van der Waals surface area contributed by atoms with Crippen molar-refractivity contribution in [3.05, 3.63) is 34.4 Å². The molecule has 1 heterocycles. The smallest absolute Gasteiger partial charge is 0.0887 e. The molecule has 1 aromatic carbocycles. The average molecular weight is 258 g/mol. The predicted octanol–water partition coefficient (Wildman–Crippen LogP) is 2.24. The number of nitrogens with zero attached hydrogens (tertiary/aromatic N) is 3. The van der Waals surface area contributed by atoms with E-state index in [2.05, 4.69) is 10.3 Å². The van der Waals surface area contributed by atoms with Crippen LogP contribution in [0.25, 0.3) is 11.3 Å². The summed E-state index contributed by atoms with van der Waals surface area (Å²) in [5, 5.41) is 17.5. The molecule has 0 radical (unpaired) electrons. The molecule has 0 aliphatic rings. The Hall–Kier alpha value is -1.10. The zero-order valence-electron chi connectivity index (χ0n) is 8.27. The minimum Gasteiger partial charge on any atom is -0.394 e. The molecule has 0 fully saturated rings. The van der Waals surface area contributed by atoms with Crippen LogP contribution in [0, 0.1) is 0 Å². The molecule has 16 heavy (non-hydrogen) atoms.